The molecule has 2 aromatic carbocycles. The first-order chi connectivity index (χ1) is 11.1. The number of aromatic carboxylic acids is 1. The summed E-state index contributed by atoms with van der Waals surface area (Å²) in [5.41, 5.74) is 5.83. The van der Waals surface area contributed by atoms with Crippen molar-refractivity contribution in [3.05, 3.63) is 54.1 Å². The smallest absolute Gasteiger partial charge is 0.339 e. The van der Waals surface area contributed by atoms with Crippen LogP contribution in [-0.2, 0) is 14.8 Å². The van der Waals surface area contributed by atoms with Crippen LogP contribution in [0.1, 0.15) is 17.3 Å². The average Bonchev–Trinajstić information content (AvgIpc) is 2.47. The normalized spacial score (nSPS) is 10.2. The third-order valence-electron chi connectivity index (χ3n) is 2.58. The highest BCUT2D eigenvalue weighted by atomic mass is 32.2. The lowest BCUT2D eigenvalue weighted by atomic mass is 10.2. The molecule has 0 saturated carbocycles. The van der Waals surface area contributed by atoms with Gasteiger partial charge >= 0.3 is 11.9 Å². The Kier molecular flexibility index (Phi) is 6.45. The minimum atomic E-state index is -3.58. The molecule has 0 aliphatic rings. The van der Waals surface area contributed by atoms with E-state index in [1.54, 1.807) is 12.1 Å². The highest BCUT2D eigenvalue weighted by Crippen LogP contribution is 2.17. The molecule has 0 amide bonds. The summed E-state index contributed by atoms with van der Waals surface area (Å²) in [5, 5.41) is 13.5. The maximum Gasteiger partial charge on any atom is 0.339 e. The van der Waals surface area contributed by atoms with Gasteiger partial charge in [-0.1, -0.05) is 12.1 Å². The second-order valence-corrected chi connectivity index (χ2v) is 6.07. The van der Waals surface area contributed by atoms with E-state index in [1.165, 1.54) is 43.3 Å². The van der Waals surface area contributed by atoms with Crippen LogP contribution >= 0.6 is 0 Å². The van der Waals surface area contributed by atoms with Gasteiger partial charge in [-0.15, -0.1) is 0 Å². The molecule has 0 bridgehead atoms. The molecule has 0 aromatic heterocycles. The number of carboxylic acid groups (broad SMARTS) is 1. The SMILES string of the molecule is CC(=O)Oc1ccccc1C(=O)O.Nc1ccc(S(N)(=O)=O)cc1. The lowest BCUT2D eigenvalue weighted by Crippen LogP contribution is -2.11. The van der Waals surface area contributed by atoms with Crippen LogP contribution < -0.4 is 15.6 Å². The van der Waals surface area contributed by atoms with E-state index in [2.05, 4.69) is 4.74 Å². The number of benzene rings is 2. The van der Waals surface area contributed by atoms with Crippen LogP contribution in [0.15, 0.2) is 53.4 Å². The summed E-state index contributed by atoms with van der Waals surface area (Å²) in [6, 6.07) is 11.7. The fraction of sp³-hybridized carbons (Fsp3) is 0.0667. The van der Waals surface area contributed by atoms with E-state index < -0.39 is 22.0 Å². The number of para-hydroxylation sites is 1. The standard InChI is InChI=1S/C9H8O4.C6H8N2O2S/c1-6(10)13-8-5-3-2-4-7(8)9(11)12;7-5-1-3-6(4-2-5)11(8,9)10/h2-5H,1H3,(H,11,12);1-4H,7H2,(H2,8,9,10). The number of carbonyl (C=O) groups is 2. The molecule has 0 heterocycles. The molecule has 0 spiro atoms. The second kappa shape index (κ2) is 8.09. The molecule has 0 saturated heterocycles. The molecule has 0 aliphatic heterocycles. The predicted molar refractivity (Wildman–Crippen MR) is 86.9 cm³/mol. The van der Waals surface area contributed by atoms with E-state index in [-0.39, 0.29) is 16.2 Å². The molecule has 0 fully saturated rings. The number of ether oxygens (including phenoxy) is 1. The van der Waals surface area contributed by atoms with Gasteiger partial charge in [-0.05, 0) is 36.4 Å². The van der Waals surface area contributed by atoms with Gasteiger partial charge in [0.15, 0.2) is 0 Å². The van der Waals surface area contributed by atoms with Gasteiger partial charge in [-0.3, -0.25) is 4.79 Å². The van der Waals surface area contributed by atoms with E-state index >= 15 is 0 Å². The van der Waals surface area contributed by atoms with Gasteiger partial charge in [0, 0.05) is 12.6 Å². The van der Waals surface area contributed by atoms with Crippen LogP contribution in [0.2, 0.25) is 0 Å². The molecule has 9 heteroatoms. The fourth-order valence-corrected chi connectivity index (χ4v) is 2.06. The van der Waals surface area contributed by atoms with Crippen molar-refractivity contribution < 1.29 is 27.9 Å². The number of esters is 1. The largest absolute Gasteiger partial charge is 0.478 e. The zero-order valence-electron chi connectivity index (χ0n) is 12.7. The lowest BCUT2D eigenvalue weighted by Gasteiger charge is -2.03. The zero-order chi connectivity index (χ0) is 18.3. The van der Waals surface area contributed by atoms with Gasteiger partial charge < -0.3 is 15.6 Å². The molecule has 2 rings (SSSR count). The second-order valence-electron chi connectivity index (χ2n) is 4.51. The monoisotopic (exact) mass is 352 g/mol. The number of sulfonamides is 1. The third kappa shape index (κ3) is 6.07. The van der Waals surface area contributed by atoms with Gasteiger partial charge in [0.1, 0.15) is 11.3 Å². The molecule has 128 valence electrons. The number of primary sulfonamides is 1. The lowest BCUT2D eigenvalue weighted by molar-refractivity contribution is -0.131. The topological polar surface area (TPSA) is 150 Å². The van der Waals surface area contributed by atoms with E-state index in [0.29, 0.717) is 5.69 Å². The highest BCUT2D eigenvalue weighted by molar-refractivity contribution is 7.89. The number of nitrogens with two attached hydrogens (primary N) is 2. The summed E-state index contributed by atoms with van der Waals surface area (Å²) in [4.78, 5) is 21.3. The number of rotatable bonds is 3. The van der Waals surface area contributed by atoms with Crippen molar-refractivity contribution in [2.45, 2.75) is 11.8 Å². The molecule has 8 nitrogen and oxygen atoms in total. The number of hydrogen-bond acceptors (Lipinski definition) is 6. The first-order valence-electron chi connectivity index (χ1n) is 6.50. The fourth-order valence-electron chi connectivity index (χ4n) is 1.54. The van der Waals surface area contributed by atoms with Crippen molar-refractivity contribution in [3.63, 3.8) is 0 Å². The molecule has 0 aliphatic carbocycles. The molecular formula is C15H16N2O6S. The van der Waals surface area contributed by atoms with Crippen molar-refractivity contribution in [1.29, 1.82) is 0 Å². The molecule has 0 atom stereocenters. The van der Waals surface area contributed by atoms with Gasteiger partial charge in [0.05, 0.1) is 4.90 Å². The van der Waals surface area contributed by atoms with Crippen LogP contribution in [0.3, 0.4) is 0 Å². The third-order valence-corrected chi connectivity index (χ3v) is 3.51. The summed E-state index contributed by atoms with van der Waals surface area (Å²) >= 11 is 0. The Bertz CT molecular complexity index is 831. The number of carboxylic acids is 1. The van der Waals surface area contributed by atoms with Crippen molar-refractivity contribution in [1.82, 2.24) is 0 Å². The van der Waals surface area contributed by atoms with Crippen LogP contribution in [0.25, 0.3) is 0 Å². The van der Waals surface area contributed by atoms with Gasteiger partial charge in [-0.25, -0.2) is 18.4 Å². The van der Waals surface area contributed by atoms with Crippen LogP contribution in [0.5, 0.6) is 5.75 Å². The minimum Gasteiger partial charge on any atom is -0.478 e. The van der Waals surface area contributed by atoms with Gasteiger partial charge in [0.25, 0.3) is 0 Å². The predicted octanol–water partition coefficient (Wildman–Crippen LogP) is 1.23. The van der Waals surface area contributed by atoms with Crippen LogP contribution in [-0.4, -0.2) is 25.5 Å². The quantitative estimate of drug-likeness (QED) is 0.427. The Labute approximate surface area is 138 Å². The van der Waals surface area contributed by atoms with E-state index in [4.69, 9.17) is 16.0 Å². The zero-order valence-corrected chi connectivity index (χ0v) is 13.5. The maximum atomic E-state index is 10.7. The number of anilines is 1. The molecule has 0 unspecified atom stereocenters. The molecule has 24 heavy (non-hydrogen) atoms. The summed E-state index contributed by atoms with van der Waals surface area (Å²) in [5.74, 6) is -1.58. The van der Waals surface area contributed by atoms with Crippen molar-refractivity contribution in [3.8, 4) is 5.75 Å². The number of nitrogen functional groups attached to an aromatic ring is 1. The summed E-state index contributed by atoms with van der Waals surface area (Å²) in [6.45, 7) is 1.22. The number of hydrogen-bond donors (Lipinski definition) is 3. The molecule has 5 N–H and O–H groups in total. The Hall–Kier alpha value is -2.91. The van der Waals surface area contributed by atoms with Crippen LogP contribution in [0, 0.1) is 0 Å². The number of carbonyl (C=O) groups excluding carboxylic acids is 1. The van der Waals surface area contributed by atoms with Gasteiger partial charge in [0.2, 0.25) is 10.0 Å². The van der Waals surface area contributed by atoms with Crippen LogP contribution in [0.4, 0.5) is 5.69 Å². The van der Waals surface area contributed by atoms with E-state index in [9.17, 15) is 18.0 Å². The molecular weight excluding hydrogens is 336 g/mol. The minimum absolute atomic E-state index is 0.0160. The van der Waals surface area contributed by atoms with Crippen molar-refractivity contribution in [2.75, 3.05) is 5.73 Å². The average molecular weight is 352 g/mol. The van der Waals surface area contributed by atoms with E-state index in [1.807, 2.05) is 0 Å². The van der Waals surface area contributed by atoms with Crippen molar-refractivity contribution >= 4 is 27.6 Å². The summed E-state index contributed by atoms with van der Waals surface area (Å²) in [6.07, 6.45) is 0. The highest BCUT2D eigenvalue weighted by Gasteiger charge is 2.11. The Morgan fingerprint density at radius 1 is 1.04 bits per heavy atom. The summed E-state index contributed by atoms with van der Waals surface area (Å²) < 4.78 is 26.0. The Morgan fingerprint density at radius 2 is 1.58 bits per heavy atom. The van der Waals surface area contributed by atoms with Crippen molar-refractivity contribution in [2.24, 2.45) is 5.14 Å². The Balaban J connectivity index is 0.000000243. The maximum absolute atomic E-state index is 10.7. The van der Waals surface area contributed by atoms with E-state index in [0.717, 1.165) is 0 Å². The molecule has 2 aromatic rings. The first kappa shape index (κ1) is 19.1. The summed E-state index contributed by atoms with van der Waals surface area (Å²) in [7, 11) is -3.58. The Morgan fingerprint density at radius 3 is 2.04 bits per heavy atom. The first-order valence-corrected chi connectivity index (χ1v) is 8.05. The van der Waals surface area contributed by atoms with Gasteiger partial charge in [-0.2, -0.15) is 0 Å². The molecule has 0 radical (unpaired) electrons.